The second kappa shape index (κ2) is 6.77. The Morgan fingerprint density at radius 1 is 1.47 bits per heavy atom. The number of nitrogens with one attached hydrogen (secondary N) is 1. The lowest BCUT2D eigenvalue weighted by Gasteiger charge is -2.18. The predicted molar refractivity (Wildman–Crippen MR) is 73.9 cm³/mol. The number of rotatable bonds is 5. The zero-order valence-electron chi connectivity index (χ0n) is 10.2. The predicted octanol–water partition coefficient (Wildman–Crippen LogP) is 2.55. The van der Waals surface area contributed by atoms with Crippen LogP contribution in [0, 0.1) is 5.92 Å². The van der Waals surface area contributed by atoms with Crippen LogP contribution in [0.15, 0.2) is 28.7 Å². The van der Waals surface area contributed by atoms with Crippen LogP contribution >= 0.6 is 15.9 Å². The Hall–Kier alpha value is -0.870. The summed E-state index contributed by atoms with van der Waals surface area (Å²) in [6.07, 6.45) is 0.899. The molecule has 1 amide bonds. The van der Waals surface area contributed by atoms with E-state index in [0.29, 0.717) is 18.0 Å². The lowest BCUT2D eigenvalue weighted by atomic mass is 10.0. The largest absolute Gasteiger partial charge is 0.348 e. The molecule has 0 aliphatic rings. The molecule has 0 radical (unpaired) electrons. The van der Waals surface area contributed by atoms with E-state index < -0.39 is 0 Å². The Labute approximate surface area is 111 Å². The summed E-state index contributed by atoms with van der Waals surface area (Å²) < 4.78 is 0.901. The van der Waals surface area contributed by atoms with Crippen molar-refractivity contribution >= 4 is 21.8 Å². The van der Waals surface area contributed by atoms with Crippen molar-refractivity contribution in [1.29, 1.82) is 0 Å². The van der Waals surface area contributed by atoms with E-state index in [9.17, 15) is 4.79 Å². The highest BCUT2D eigenvalue weighted by Crippen LogP contribution is 2.12. The van der Waals surface area contributed by atoms with E-state index in [1.807, 2.05) is 12.1 Å². The van der Waals surface area contributed by atoms with E-state index >= 15 is 0 Å². The molecule has 0 fully saturated rings. The molecule has 1 aromatic carbocycles. The first-order valence-corrected chi connectivity index (χ1v) is 6.58. The highest BCUT2D eigenvalue weighted by molar-refractivity contribution is 9.10. The van der Waals surface area contributed by atoms with Crippen LogP contribution in [0.5, 0.6) is 0 Å². The molecule has 0 saturated heterocycles. The van der Waals surface area contributed by atoms with E-state index in [1.54, 1.807) is 12.1 Å². The van der Waals surface area contributed by atoms with Gasteiger partial charge in [0.15, 0.2) is 0 Å². The third kappa shape index (κ3) is 4.88. The van der Waals surface area contributed by atoms with Gasteiger partial charge >= 0.3 is 0 Å². The Kier molecular flexibility index (Phi) is 5.65. The molecule has 1 aromatic rings. The van der Waals surface area contributed by atoms with Gasteiger partial charge in [-0.3, -0.25) is 4.79 Å². The highest BCUT2D eigenvalue weighted by Gasteiger charge is 2.13. The number of nitrogens with two attached hydrogens (primary N) is 1. The van der Waals surface area contributed by atoms with Crippen LogP contribution in [0.4, 0.5) is 0 Å². The summed E-state index contributed by atoms with van der Waals surface area (Å²) in [7, 11) is 0. The zero-order chi connectivity index (χ0) is 12.8. The van der Waals surface area contributed by atoms with Crippen LogP contribution in [0.2, 0.25) is 0 Å². The van der Waals surface area contributed by atoms with Gasteiger partial charge in [-0.05, 0) is 30.5 Å². The molecule has 3 N–H and O–H groups in total. The molecule has 1 unspecified atom stereocenters. The van der Waals surface area contributed by atoms with Gasteiger partial charge in [0.1, 0.15) is 0 Å². The van der Waals surface area contributed by atoms with Gasteiger partial charge in [0.05, 0.1) is 0 Å². The molecule has 0 aromatic heterocycles. The summed E-state index contributed by atoms with van der Waals surface area (Å²) >= 11 is 3.35. The third-order valence-electron chi connectivity index (χ3n) is 2.46. The van der Waals surface area contributed by atoms with E-state index in [0.717, 1.165) is 10.9 Å². The second-order valence-electron chi connectivity index (χ2n) is 4.55. The lowest BCUT2D eigenvalue weighted by molar-refractivity contribution is 0.0933. The first-order chi connectivity index (χ1) is 8.02. The molecular weight excluding hydrogens is 280 g/mol. The smallest absolute Gasteiger partial charge is 0.251 e. The Bertz CT molecular complexity index is 379. The minimum Gasteiger partial charge on any atom is -0.348 e. The van der Waals surface area contributed by atoms with Crippen molar-refractivity contribution < 1.29 is 4.79 Å². The summed E-state index contributed by atoms with van der Waals surface area (Å²) in [4.78, 5) is 12.0. The molecule has 94 valence electrons. The standard InChI is InChI=1S/C13H19BrN2O/c1-9(2)6-12(8-15)16-13(17)10-4-3-5-11(14)7-10/h3-5,7,9,12H,6,8,15H2,1-2H3,(H,16,17). The van der Waals surface area contributed by atoms with Crippen LogP contribution in [-0.2, 0) is 0 Å². The Morgan fingerprint density at radius 2 is 2.18 bits per heavy atom. The van der Waals surface area contributed by atoms with Gasteiger partial charge in [-0.25, -0.2) is 0 Å². The maximum atomic E-state index is 12.0. The number of amides is 1. The highest BCUT2D eigenvalue weighted by atomic mass is 79.9. The quantitative estimate of drug-likeness (QED) is 0.878. The average molecular weight is 299 g/mol. The molecule has 1 rings (SSSR count). The molecule has 1 atom stereocenters. The summed E-state index contributed by atoms with van der Waals surface area (Å²) in [6, 6.07) is 7.38. The van der Waals surface area contributed by atoms with Crippen molar-refractivity contribution in [3.05, 3.63) is 34.3 Å². The maximum absolute atomic E-state index is 12.0. The fourth-order valence-electron chi connectivity index (χ4n) is 1.68. The van der Waals surface area contributed by atoms with Crippen molar-refractivity contribution in [3.8, 4) is 0 Å². The van der Waals surface area contributed by atoms with Gasteiger partial charge in [0.2, 0.25) is 0 Å². The molecule has 17 heavy (non-hydrogen) atoms. The topological polar surface area (TPSA) is 55.1 Å². The first-order valence-electron chi connectivity index (χ1n) is 5.79. The van der Waals surface area contributed by atoms with Gasteiger partial charge in [-0.15, -0.1) is 0 Å². The zero-order valence-corrected chi connectivity index (χ0v) is 11.8. The van der Waals surface area contributed by atoms with Gasteiger partial charge in [-0.2, -0.15) is 0 Å². The minimum atomic E-state index is -0.0672. The van der Waals surface area contributed by atoms with Crippen LogP contribution in [0.3, 0.4) is 0 Å². The van der Waals surface area contributed by atoms with Gasteiger partial charge < -0.3 is 11.1 Å². The second-order valence-corrected chi connectivity index (χ2v) is 5.46. The molecule has 0 saturated carbocycles. The number of halogens is 1. The molecule has 0 aliphatic carbocycles. The SMILES string of the molecule is CC(C)CC(CN)NC(=O)c1cccc(Br)c1. The van der Waals surface area contributed by atoms with E-state index in [-0.39, 0.29) is 11.9 Å². The van der Waals surface area contributed by atoms with Crippen molar-refractivity contribution in [2.45, 2.75) is 26.3 Å². The molecule has 4 heteroatoms. The van der Waals surface area contributed by atoms with Gasteiger partial charge in [0.25, 0.3) is 5.91 Å². The normalized spacial score (nSPS) is 12.5. The van der Waals surface area contributed by atoms with E-state index in [1.165, 1.54) is 0 Å². The maximum Gasteiger partial charge on any atom is 0.251 e. The van der Waals surface area contributed by atoms with Crippen molar-refractivity contribution in [3.63, 3.8) is 0 Å². The van der Waals surface area contributed by atoms with Crippen LogP contribution in [0.25, 0.3) is 0 Å². The molecule has 0 heterocycles. The lowest BCUT2D eigenvalue weighted by Crippen LogP contribution is -2.41. The van der Waals surface area contributed by atoms with E-state index in [2.05, 4.69) is 35.1 Å². The number of hydrogen-bond donors (Lipinski definition) is 2. The molecule has 0 spiro atoms. The van der Waals surface area contributed by atoms with Gasteiger partial charge in [0, 0.05) is 22.6 Å². The summed E-state index contributed by atoms with van der Waals surface area (Å²) in [5.74, 6) is 0.453. The van der Waals surface area contributed by atoms with E-state index in [4.69, 9.17) is 5.73 Å². The van der Waals surface area contributed by atoms with Crippen LogP contribution in [0.1, 0.15) is 30.6 Å². The monoisotopic (exact) mass is 298 g/mol. The van der Waals surface area contributed by atoms with Crippen LogP contribution < -0.4 is 11.1 Å². The van der Waals surface area contributed by atoms with Crippen LogP contribution in [-0.4, -0.2) is 18.5 Å². The summed E-state index contributed by atoms with van der Waals surface area (Å²) in [5, 5.41) is 2.96. The molecular formula is C13H19BrN2O. The minimum absolute atomic E-state index is 0.0430. The molecule has 0 bridgehead atoms. The first kappa shape index (κ1) is 14.2. The molecule has 0 aliphatic heterocycles. The Morgan fingerprint density at radius 3 is 2.71 bits per heavy atom. The van der Waals surface area contributed by atoms with Crippen molar-refractivity contribution in [2.24, 2.45) is 11.7 Å². The summed E-state index contributed by atoms with van der Waals surface area (Å²) in [6.45, 7) is 4.71. The number of carbonyl (C=O) groups excluding carboxylic acids is 1. The summed E-state index contributed by atoms with van der Waals surface area (Å²) in [5.41, 5.74) is 6.31. The van der Waals surface area contributed by atoms with Crippen molar-refractivity contribution in [2.75, 3.05) is 6.54 Å². The van der Waals surface area contributed by atoms with Crippen molar-refractivity contribution in [1.82, 2.24) is 5.32 Å². The fourth-order valence-corrected chi connectivity index (χ4v) is 2.08. The molecule has 3 nitrogen and oxygen atoms in total. The van der Waals surface area contributed by atoms with Gasteiger partial charge in [-0.1, -0.05) is 35.8 Å². The average Bonchev–Trinajstić information content (AvgIpc) is 2.27. The number of benzene rings is 1. The Balaban J connectivity index is 2.64. The number of carbonyl (C=O) groups is 1. The fraction of sp³-hybridized carbons (Fsp3) is 0.462. The third-order valence-corrected chi connectivity index (χ3v) is 2.96. The number of hydrogen-bond acceptors (Lipinski definition) is 2.